The van der Waals surface area contributed by atoms with Crippen LogP contribution in [0.3, 0.4) is 0 Å². The topological polar surface area (TPSA) is 93.5 Å². The summed E-state index contributed by atoms with van der Waals surface area (Å²) < 4.78 is 0. The third-order valence-corrected chi connectivity index (χ3v) is 8.42. The molecule has 192 valence electrons. The standard InChI is InChI=1S/C29H31ClN4O3/c30-22-9-7-21(8-10-22)29(19-31)13-16-33(17-14-29)15-2-1-4-20-5-3-6-23-24(20)18-34(28(23)37)25-11-12-26(35)32-27(25)36/h3,5-10,25H,1-2,4,11-18H2,(H,32,35,36). The summed E-state index contributed by atoms with van der Waals surface area (Å²) in [6.07, 6.45) is 5.18. The first-order chi connectivity index (χ1) is 17.9. The first-order valence-corrected chi connectivity index (χ1v) is 13.4. The average molecular weight is 519 g/mol. The lowest BCUT2D eigenvalue weighted by atomic mass is 9.74. The van der Waals surface area contributed by atoms with Crippen LogP contribution in [-0.2, 0) is 28.0 Å². The molecule has 0 aromatic heterocycles. The highest BCUT2D eigenvalue weighted by Gasteiger charge is 2.40. The number of amides is 3. The van der Waals surface area contributed by atoms with Gasteiger partial charge in [-0.3, -0.25) is 19.7 Å². The van der Waals surface area contributed by atoms with Gasteiger partial charge in [0.25, 0.3) is 5.91 Å². The maximum atomic E-state index is 13.0. The Hall–Kier alpha value is -3.21. The Kier molecular flexibility index (Phi) is 7.32. The molecule has 1 N–H and O–H groups in total. The third kappa shape index (κ3) is 5.14. The molecular formula is C29H31ClN4O3. The smallest absolute Gasteiger partial charge is 0.255 e. The second kappa shape index (κ2) is 10.6. The molecule has 1 unspecified atom stereocenters. The molecule has 2 saturated heterocycles. The van der Waals surface area contributed by atoms with Gasteiger partial charge in [-0.1, -0.05) is 35.9 Å². The Morgan fingerprint density at radius 2 is 1.81 bits per heavy atom. The van der Waals surface area contributed by atoms with Crippen LogP contribution in [0.15, 0.2) is 42.5 Å². The molecule has 2 fully saturated rings. The van der Waals surface area contributed by atoms with Crippen LogP contribution in [-0.4, -0.2) is 53.2 Å². The maximum Gasteiger partial charge on any atom is 0.255 e. The van der Waals surface area contributed by atoms with E-state index in [0.29, 0.717) is 23.6 Å². The van der Waals surface area contributed by atoms with Crippen molar-refractivity contribution in [1.29, 1.82) is 5.26 Å². The highest BCUT2D eigenvalue weighted by Crippen LogP contribution is 2.36. The van der Waals surface area contributed by atoms with Gasteiger partial charge in [-0.05, 0) is 93.0 Å². The largest absolute Gasteiger partial charge is 0.322 e. The van der Waals surface area contributed by atoms with E-state index in [-0.39, 0.29) is 24.1 Å². The second-order valence-electron chi connectivity index (χ2n) is 10.3. The van der Waals surface area contributed by atoms with E-state index in [4.69, 9.17) is 11.6 Å². The molecular weight excluding hydrogens is 488 g/mol. The van der Waals surface area contributed by atoms with Crippen molar-refractivity contribution in [3.8, 4) is 6.07 Å². The van der Waals surface area contributed by atoms with Crippen molar-refractivity contribution in [2.75, 3.05) is 19.6 Å². The first kappa shape index (κ1) is 25.4. The Balaban J connectivity index is 1.13. The van der Waals surface area contributed by atoms with Crippen molar-refractivity contribution in [2.24, 2.45) is 0 Å². The number of nitrogens with zero attached hydrogens (tertiary/aromatic N) is 3. The Morgan fingerprint density at radius 1 is 1.05 bits per heavy atom. The van der Waals surface area contributed by atoms with Gasteiger partial charge < -0.3 is 9.80 Å². The van der Waals surface area contributed by atoms with Crippen LogP contribution < -0.4 is 5.32 Å². The number of nitriles is 1. The molecule has 2 aromatic carbocycles. The quantitative estimate of drug-likeness (QED) is 0.442. The van der Waals surface area contributed by atoms with E-state index in [1.807, 2.05) is 36.4 Å². The van der Waals surface area contributed by atoms with Gasteiger partial charge in [0.1, 0.15) is 6.04 Å². The van der Waals surface area contributed by atoms with Crippen molar-refractivity contribution in [3.63, 3.8) is 0 Å². The van der Waals surface area contributed by atoms with Crippen molar-refractivity contribution >= 4 is 29.3 Å². The van der Waals surface area contributed by atoms with E-state index in [0.717, 1.165) is 68.4 Å². The fourth-order valence-corrected chi connectivity index (χ4v) is 6.05. The summed E-state index contributed by atoms with van der Waals surface area (Å²) in [5.74, 6) is -0.776. The SMILES string of the molecule is N#CC1(c2ccc(Cl)cc2)CCN(CCCCc2cccc3c2CN(C2CCC(=O)NC2=O)C3=O)CC1. The van der Waals surface area contributed by atoms with Crippen LogP contribution >= 0.6 is 11.6 Å². The van der Waals surface area contributed by atoms with Gasteiger partial charge in [0.15, 0.2) is 0 Å². The number of benzene rings is 2. The fourth-order valence-electron chi connectivity index (χ4n) is 5.93. The molecule has 0 radical (unpaired) electrons. The molecule has 37 heavy (non-hydrogen) atoms. The van der Waals surface area contributed by atoms with Gasteiger partial charge in [0.05, 0.1) is 11.5 Å². The van der Waals surface area contributed by atoms with Gasteiger partial charge in [0.2, 0.25) is 11.8 Å². The van der Waals surface area contributed by atoms with Gasteiger partial charge in [-0.2, -0.15) is 5.26 Å². The highest BCUT2D eigenvalue weighted by molar-refractivity contribution is 6.30. The first-order valence-electron chi connectivity index (χ1n) is 13.1. The van der Waals surface area contributed by atoms with Crippen LogP contribution in [0, 0.1) is 11.3 Å². The van der Waals surface area contributed by atoms with Gasteiger partial charge in [0, 0.05) is 23.6 Å². The minimum atomic E-state index is -0.585. The van der Waals surface area contributed by atoms with Crippen LogP contribution in [0.2, 0.25) is 5.02 Å². The lowest BCUT2D eigenvalue weighted by molar-refractivity contribution is -0.136. The number of carbonyl (C=O) groups is 3. The molecule has 3 amide bonds. The van der Waals surface area contributed by atoms with Crippen LogP contribution in [0.4, 0.5) is 0 Å². The summed E-state index contributed by atoms with van der Waals surface area (Å²) in [6, 6.07) is 15.5. The summed E-state index contributed by atoms with van der Waals surface area (Å²) in [4.78, 5) is 40.9. The maximum absolute atomic E-state index is 13.0. The van der Waals surface area contributed by atoms with Gasteiger partial charge in [-0.15, -0.1) is 0 Å². The molecule has 0 saturated carbocycles. The number of piperidine rings is 2. The minimum Gasteiger partial charge on any atom is -0.322 e. The van der Waals surface area contributed by atoms with E-state index in [2.05, 4.69) is 22.4 Å². The normalized spacial score (nSPS) is 21.5. The minimum absolute atomic E-state index is 0.124. The van der Waals surface area contributed by atoms with Crippen molar-refractivity contribution in [1.82, 2.24) is 15.1 Å². The van der Waals surface area contributed by atoms with Crippen molar-refractivity contribution in [2.45, 2.75) is 62.9 Å². The molecule has 8 heteroatoms. The number of halogens is 1. The summed E-state index contributed by atoms with van der Waals surface area (Å²) in [7, 11) is 0. The molecule has 2 aromatic rings. The number of likely N-dealkylation sites (tertiary alicyclic amines) is 1. The zero-order valence-electron chi connectivity index (χ0n) is 20.8. The van der Waals surface area contributed by atoms with Gasteiger partial charge in [-0.25, -0.2) is 0 Å². The summed E-state index contributed by atoms with van der Waals surface area (Å²) >= 11 is 6.03. The van der Waals surface area contributed by atoms with Crippen LogP contribution in [0.1, 0.15) is 65.6 Å². The molecule has 3 aliphatic heterocycles. The molecule has 1 atom stereocenters. The number of aryl methyl sites for hydroxylation is 1. The molecule has 0 bridgehead atoms. The van der Waals surface area contributed by atoms with E-state index in [1.54, 1.807) is 4.90 Å². The average Bonchev–Trinajstić information content (AvgIpc) is 3.24. The van der Waals surface area contributed by atoms with Gasteiger partial charge >= 0.3 is 0 Å². The lowest BCUT2D eigenvalue weighted by Crippen LogP contribution is -2.52. The number of nitrogens with one attached hydrogen (secondary N) is 1. The Morgan fingerprint density at radius 3 is 2.51 bits per heavy atom. The van der Waals surface area contributed by atoms with Crippen molar-refractivity contribution in [3.05, 3.63) is 69.7 Å². The van der Waals surface area contributed by atoms with E-state index in [1.165, 1.54) is 0 Å². The molecule has 0 spiro atoms. The molecule has 0 aliphatic carbocycles. The van der Waals surface area contributed by atoms with Crippen LogP contribution in [0.5, 0.6) is 0 Å². The van der Waals surface area contributed by atoms with E-state index < -0.39 is 11.5 Å². The number of hydrogen-bond acceptors (Lipinski definition) is 5. The number of fused-ring (bicyclic) bond motifs is 1. The summed E-state index contributed by atoms with van der Waals surface area (Å²) in [5, 5.41) is 13.0. The third-order valence-electron chi connectivity index (χ3n) is 8.17. The number of unbranched alkanes of at least 4 members (excludes halogenated alkanes) is 1. The lowest BCUT2D eigenvalue weighted by Gasteiger charge is -2.37. The zero-order chi connectivity index (χ0) is 26.0. The number of rotatable bonds is 7. The molecule has 5 rings (SSSR count). The summed E-state index contributed by atoms with van der Waals surface area (Å²) in [6.45, 7) is 3.20. The number of imide groups is 1. The number of carbonyl (C=O) groups excluding carboxylic acids is 3. The summed E-state index contributed by atoms with van der Waals surface area (Å²) in [5.41, 5.74) is 3.46. The van der Waals surface area contributed by atoms with Crippen molar-refractivity contribution < 1.29 is 14.4 Å². The second-order valence-corrected chi connectivity index (χ2v) is 10.8. The fraction of sp³-hybridized carbons (Fsp3) is 0.448. The molecule has 3 heterocycles. The number of hydrogen-bond donors (Lipinski definition) is 1. The highest BCUT2D eigenvalue weighted by atomic mass is 35.5. The molecule has 3 aliphatic rings. The Labute approximate surface area is 222 Å². The predicted octanol–water partition coefficient (Wildman–Crippen LogP) is 3.98. The monoisotopic (exact) mass is 518 g/mol. The van der Waals surface area contributed by atoms with E-state index in [9.17, 15) is 19.6 Å². The zero-order valence-corrected chi connectivity index (χ0v) is 21.6. The molecule has 7 nitrogen and oxygen atoms in total. The van der Waals surface area contributed by atoms with Crippen LogP contribution in [0.25, 0.3) is 0 Å². The van der Waals surface area contributed by atoms with E-state index >= 15 is 0 Å². The predicted molar refractivity (Wildman–Crippen MR) is 140 cm³/mol. The Bertz CT molecular complexity index is 1240.